The Morgan fingerprint density at radius 3 is 2.33 bits per heavy atom. The molecule has 15 heavy (non-hydrogen) atoms. The van der Waals surface area contributed by atoms with E-state index >= 15 is 0 Å². The molecule has 0 saturated heterocycles. The molecule has 3 heteroatoms. The predicted octanol–water partition coefficient (Wildman–Crippen LogP) is 4.04. The van der Waals surface area contributed by atoms with Gasteiger partial charge in [0.1, 0.15) is 0 Å². The maximum atomic E-state index is 2.66. The number of hydrogen-bond acceptors (Lipinski definition) is 3. The highest BCUT2D eigenvalue weighted by Crippen LogP contribution is 2.29. The number of thioether (sulfide) groups is 1. The van der Waals surface area contributed by atoms with Gasteiger partial charge in [-0.05, 0) is 32.9 Å². The molecule has 1 aliphatic carbocycles. The second kappa shape index (κ2) is 7.86. The normalized spacial score (nSPS) is 19.0. The summed E-state index contributed by atoms with van der Waals surface area (Å²) in [6.07, 6.45) is 9.38. The minimum absolute atomic E-state index is 0.694. The van der Waals surface area contributed by atoms with E-state index in [1.165, 1.54) is 43.6 Å². The van der Waals surface area contributed by atoms with Crippen molar-refractivity contribution in [3.63, 3.8) is 0 Å². The molecule has 0 N–H and O–H groups in total. The highest BCUT2D eigenvalue weighted by molar-refractivity contribution is 8.01. The fraction of sp³-hybridized carbons (Fsp3) is 1.00. The Morgan fingerprint density at radius 2 is 1.80 bits per heavy atom. The molecule has 0 aliphatic heterocycles. The van der Waals surface area contributed by atoms with Crippen LogP contribution in [0.2, 0.25) is 0 Å². The summed E-state index contributed by atoms with van der Waals surface area (Å²) in [5.41, 5.74) is 0. The molecule has 0 heterocycles. The molecular formula is C12H25NS2. The van der Waals surface area contributed by atoms with E-state index in [4.69, 9.17) is 0 Å². The molecule has 0 amide bonds. The summed E-state index contributed by atoms with van der Waals surface area (Å²) in [5, 5.41) is 0. The average molecular weight is 247 g/mol. The van der Waals surface area contributed by atoms with Crippen LogP contribution in [0.1, 0.15) is 46.0 Å². The molecule has 0 radical (unpaired) electrons. The van der Waals surface area contributed by atoms with Crippen molar-refractivity contribution in [1.82, 2.24) is 4.31 Å². The molecule has 0 aromatic carbocycles. The van der Waals surface area contributed by atoms with Crippen LogP contribution in [-0.4, -0.2) is 34.2 Å². The molecule has 1 saturated carbocycles. The fourth-order valence-electron chi connectivity index (χ4n) is 2.24. The van der Waals surface area contributed by atoms with Crippen LogP contribution in [0.3, 0.4) is 0 Å². The summed E-state index contributed by atoms with van der Waals surface area (Å²) in [6, 6.07) is 1.55. The molecule has 0 spiro atoms. The smallest absolute Gasteiger partial charge is 0.0205 e. The van der Waals surface area contributed by atoms with Crippen LogP contribution in [0.4, 0.5) is 0 Å². The summed E-state index contributed by atoms with van der Waals surface area (Å²) >= 11 is 4.03. The Hall–Kier alpha value is 0.660. The van der Waals surface area contributed by atoms with Gasteiger partial charge >= 0.3 is 0 Å². The lowest BCUT2D eigenvalue weighted by Gasteiger charge is -2.36. The van der Waals surface area contributed by atoms with Crippen molar-refractivity contribution in [2.24, 2.45) is 0 Å². The van der Waals surface area contributed by atoms with E-state index < -0.39 is 0 Å². The zero-order valence-electron chi connectivity index (χ0n) is 10.4. The van der Waals surface area contributed by atoms with Gasteiger partial charge in [-0.2, -0.15) is 11.8 Å². The summed E-state index contributed by atoms with van der Waals surface area (Å²) in [7, 11) is 0. The Labute approximate surface area is 104 Å². The molecule has 90 valence electrons. The van der Waals surface area contributed by atoms with Gasteiger partial charge in [0.15, 0.2) is 0 Å². The summed E-state index contributed by atoms with van der Waals surface area (Å²) in [6.45, 7) is 4.67. The van der Waals surface area contributed by atoms with Gasteiger partial charge in [0.05, 0.1) is 0 Å². The first kappa shape index (κ1) is 13.7. The second-order valence-electron chi connectivity index (χ2n) is 4.57. The zero-order chi connectivity index (χ0) is 11.1. The van der Waals surface area contributed by atoms with Crippen molar-refractivity contribution in [3.05, 3.63) is 0 Å². The Morgan fingerprint density at radius 1 is 1.13 bits per heavy atom. The van der Waals surface area contributed by atoms with Crippen LogP contribution in [0.25, 0.3) is 0 Å². The summed E-state index contributed by atoms with van der Waals surface area (Å²) < 4.78 is 2.66. The quantitative estimate of drug-likeness (QED) is 0.515. The van der Waals surface area contributed by atoms with Crippen molar-refractivity contribution in [3.8, 4) is 0 Å². The first-order chi connectivity index (χ1) is 7.25. The van der Waals surface area contributed by atoms with E-state index in [2.05, 4.69) is 36.4 Å². The van der Waals surface area contributed by atoms with Crippen LogP contribution in [-0.2, 0) is 0 Å². The topological polar surface area (TPSA) is 3.24 Å². The molecule has 0 bridgehead atoms. The van der Waals surface area contributed by atoms with Gasteiger partial charge in [-0.1, -0.05) is 31.2 Å². The zero-order valence-corrected chi connectivity index (χ0v) is 12.0. The first-order valence-electron chi connectivity index (χ1n) is 6.16. The maximum Gasteiger partial charge on any atom is 0.0205 e. The largest absolute Gasteiger partial charge is 0.245 e. The van der Waals surface area contributed by atoms with Gasteiger partial charge in [0, 0.05) is 23.6 Å². The molecule has 1 fully saturated rings. The molecular weight excluding hydrogens is 222 g/mol. The molecule has 1 nitrogen and oxygen atoms in total. The molecule has 0 atom stereocenters. The lowest BCUT2D eigenvalue weighted by molar-refractivity contribution is 0.239. The predicted molar refractivity (Wildman–Crippen MR) is 74.7 cm³/mol. The number of hydrogen-bond donors (Lipinski definition) is 0. The lowest BCUT2D eigenvalue weighted by atomic mass is 9.95. The second-order valence-corrected chi connectivity index (χ2v) is 6.65. The molecule has 1 aliphatic rings. The molecule has 1 rings (SSSR count). The first-order valence-corrected chi connectivity index (χ1v) is 8.49. The van der Waals surface area contributed by atoms with Crippen LogP contribution in [0.15, 0.2) is 0 Å². The SMILES string of the molecule is CSCCSN(C(C)C)C1CCCCC1. The fourth-order valence-corrected chi connectivity index (χ4v) is 4.13. The van der Waals surface area contributed by atoms with Crippen LogP contribution in [0, 0.1) is 0 Å². The van der Waals surface area contributed by atoms with E-state index in [1.54, 1.807) is 0 Å². The van der Waals surface area contributed by atoms with Gasteiger partial charge in [0.25, 0.3) is 0 Å². The van der Waals surface area contributed by atoms with Crippen LogP contribution in [0.5, 0.6) is 0 Å². The Balaban J connectivity index is 2.34. The van der Waals surface area contributed by atoms with E-state index in [-0.39, 0.29) is 0 Å². The van der Waals surface area contributed by atoms with Crippen LogP contribution < -0.4 is 0 Å². The van der Waals surface area contributed by atoms with Gasteiger partial charge in [-0.25, -0.2) is 4.31 Å². The van der Waals surface area contributed by atoms with E-state index in [9.17, 15) is 0 Å². The number of rotatable bonds is 6. The highest BCUT2D eigenvalue weighted by Gasteiger charge is 2.23. The average Bonchev–Trinajstić information content (AvgIpc) is 2.25. The third kappa shape index (κ3) is 5.01. The minimum atomic E-state index is 0.694. The van der Waals surface area contributed by atoms with E-state index in [1.807, 2.05) is 11.8 Å². The molecule has 0 aromatic rings. The van der Waals surface area contributed by atoms with Crippen molar-refractivity contribution in [2.75, 3.05) is 17.8 Å². The Kier molecular flexibility index (Phi) is 7.19. The summed E-state index contributed by atoms with van der Waals surface area (Å²) in [5.74, 6) is 2.55. The third-order valence-electron chi connectivity index (χ3n) is 2.97. The molecule has 0 aromatic heterocycles. The minimum Gasteiger partial charge on any atom is -0.245 e. The van der Waals surface area contributed by atoms with Gasteiger partial charge < -0.3 is 0 Å². The van der Waals surface area contributed by atoms with E-state index in [0.717, 1.165) is 6.04 Å². The monoisotopic (exact) mass is 247 g/mol. The van der Waals surface area contributed by atoms with E-state index in [0.29, 0.717) is 6.04 Å². The van der Waals surface area contributed by atoms with Crippen molar-refractivity contribution < 1.29 is 0 Å². The van der Waals surface area contributed by atoms with Gasteiger partial charge in [-0.3, -0.25) is 0 Å². The van der Waals surface area contributed by atoms with Crippen molar-refractivity contribution >= 4 is 23.7 Å². The molecule has 0 unspecified atom stereocenters. The van der Waals surface area contributed by atoms with Crippen LogP contribution >= 0.6 is 23.7 Å². The third-order valence-corrected chi connectivity index (χ3v) is 5.25. The Bertz CT molecular complexity index is 156. The maximum absolute atomic E-state index is 2.66. The lowest BCUT2D eigenvalue weighted by Crippen LogP contribution is -2.36. The number of nitrogens with zero attached hydrogens (tertiary/aromatic N) is 1. The standard InChI is InChI=1S/C12H25NS2/c1-11(2)13(15-10-9-14-3)12-7-5-4-6-8-12/h11-12H,4-10H2,1-3H3. The van der Waals surface area contributed by atoms with Gasteiger partial charge in [-0.15, -0.1) is 0 Å². The van der Waals surface area contributed by atoms with Crippen molar-refractivity contribution in [2.45, 2.75) is 58.0 Å². The summed E-state index contributed by atoms with van der Waals surface area (Å²) in [4.78, 5) is 0. The highest BCUT2D eigenvalue weighted by atomic mass is 32.2. The van der Waals surface area contributed by atoms with Crippen molar-refractivity contribution in [1.29, 1.82) is 0 Å². The van der Waals surface area contributed by atoms with Gasteiger partial charge in [0.2, 0.25) is 0 Å².